The molecule has 0 aromatic heterocycles. The average Bonchev–Trinajstić information content (AvgIpc) is 2.29. The molecule has 0 spiro atoms. The summed E-state index contributed by atoms with van der Waals surface area (Å²) in [6.07, 6.45) is 1.84. The third-order valence-corrected chi connectivity index (χ3v) is 3.22. The predicted octanol–water partition coefficient (Wildman–Crippen LogP) is 2.66. The van der Waals surface area contributed by atoms with Gasteiger partial charge in [0.2, 0.25) is 0 Å². The minimum absolute atomic E-state index is 0.0248. The van der Waals surface area contributed by atoms with Gasteiger partial charge >= 0.3 is 0 Å². The summed E-state index contributed by atoms with van der Waals surface area (Å²) < 4.78 is -0.0248. The molecule has 1 rings (SSSR count). The van der Waals surface area contributed by atoms with E-state index < -0.39 is 0 Å². The van der Waals surface area contributed by atoms with E-state index in [9.17, 15) is 9.90 Å². The number of carbonyl (C=O) groups is 1. The van der Waals surface area contributed by atoms with Crippen LogP contribution in [0.2, 0.25) is 0 Å². The molecule has 15 heavy (non-hydrogen) atoms. The number of aliphatic hydroxyl groups excluding tert-OH is 1. The summed E-state index contributed by atoms with van der Waals surface area (Å²) in [4.78, 5) is 13.7. The molecule has 1 aliphatic rings. The molecule has 0 aromatic carbocycles. The summed E-state index contributed by atoms with van der Waals surface area (Å²) in [6.45, 7) is 8.01. The lowest BCUT2D eigenvalue weighted by Gasteiger charge is -2.20. The second-order valence-electron chi connectivity index (χ2n) is 4.43. The zero-order valence-corrected chi connectivity index (χ0v) is 10.6. The first-order valence-corrected chi connectivity index (χ1v) is 5.66. The van der Waals surface area contributed by atoms with E-state index in [1.165, 1.54) is 16.7 Å². The fourth-order valence-electron chi connectivity index (χ4n) is 1.37. The van der Waals surface area contributed by atoms with Crippen LogP contribution in [0.1, 0.15) is 27.7 Å². The Labute approximate surface area is 94.8 Å². The molecule has 1 N–H and O–H groups in total. The summed E-state index contributed by atoms with van der Waals surface area (Å²) >= 11 is 1.51. The van der Waals surface area contributed by atoms with Crippen LogP contribution in [-0.2, 0) is 4.79 Å². The monoisotopic (exact) mass is 227 g/mol. The summed E-state index contributed by atoms with van der Waals surface area (Å²) in [6, 6.07) is 0. The van der Waals surface area contributed by atoms with E-state index in [4.69, 9.17) is 0 Å². The maximum absolute atomic E-state index is 11.5. The van der Waals surface area contributed by atoms with E-state index in [1.54, 1.807) is 7.05 Å². The Bertz CT molecular complexity index is 350. The van der Waals surface area contributed by atoms with Crippen molar-refractivity contribution in [3.05, 3.63) is 22.4 Å². The van der Waals surface area contributed by atoms with Gasteiger partial charge in [-0.25, -0.2) is 0 Å². The maximum atomic E-state index is 11.5. The minimum atomic E-state index is -0.324. The highest BCUT2D eigenvalue weighted by atomic mass is 32.2. The summed E-state index contributed by atoms with van der Waals surface area (Å²) in [5.41, 5.74) is 0.789. The van der Waals surface area contributed by atoms with Crippen molar-refractivity contribution in [3.8, 4) is 0 Å². The van der Waals surface area contributed by atoms with E-state index in [2.05, 4.69) is 0 Å². The van der Waals surface area contributed by atoms with Crippen molar-refractivity contribution in [1.82, 2.24) is 4.90 Å². The largest absolute Gasteiger partial charge is 0.502 e. The molecule has 0 aliphatic carbocycles. The molecular weight excluding hydrogens is 210 g/mol. The quantitative estimate of drug-likeness (QED) is 0.748. The average molecular weight is 227 g/mol. The van der Waals surface area contributed by atoms with Crippen molar-refractivity contribution in [3.63, 3.8) is 0 Å². The van der Waals surface area contributed by atoms with Gasteiger partial charge < -0.3 is 10.0 Å². The SMILES string of the molecule is C/C=C1/C(SC(C)(C)C)=C(O)C(=O)N1C. The Hall–Kier alpha value is -0.900. The first-order chi connectivity index (χ1) is 6.78. The van der Waals surface area contributed by atoms with E-state index in [0.29, 0.717) is 4.91 Å². The lowest BCUT2D eigenvalue weighted by atomic mass is 10.3. The highest BCUT2D eigenvalue weighted by Gasteiger charge is 2.34. The van der Waals surface area contributed by atoms with Gasteiger partial charge in [-0.05, 0) is 6.92 Å². The van der Waals surface area contributed by atoms with Gasteiger partial charge in [0.25, 0.3) is 5.91 Å². The fourth-order valence-corrected chi connectivity index (χ4v) is 2.53. The lowest BCUT2D eigenvalue weighted by molar-refractivity contribution is -0.125. The number of hydrogen-bond donors (Lipinski definition) is 1. The summed E-state index contributed by atoms with van der Waals surface area (Å²) in [7, 11) is 1.67. The van der Waals surface area contributed by atoms with Crippen molar-refractivity contribution < 1.29 is 9.90 Å². The van der Waals surface area contributed by atoms with Gasteiger partial charge in [0.1, 0.15) is 0 Å². The normalized spacial score (nSPS) is 20.7. The first kappa shape index (κ1) is 12.2. The van der Waals surface area contributed by atoms with Crippen LogP contribution in [0.25, 0.3) is 0 Å². The molecule has 4 heteroatoms. The van der Waals surface area contributed by atoms with E-state index in [1.807, 2.05) is 33.8 Å². The Kier molecular flexibility index (Phi) is 3.19. The molecule has 1 heterocycles. The van der Waals surface area contributed by atoms with Gasteiger partial charge in [-0.15, -0.1) is 11.8 Å². The van der Waals surface area contributed by atoms with Gasteiger partial charge in [0, 0.05) is 11.8 Å². The zero-order chi connectivity index (χ0) is 11.8. The molecule has 0 saturated carbocycles. The van der Waals surface area contributed by atoms with Gasteiger partial charge in [-0.1, -0.05) is 26.8 Å². The van der Waals surface area contributed by atoms with Gasteiger partial charge in [0.15, 0.2) is 5.76 Å². The smallest absolute Gasteiger partial charge is 0.294 e. The van der Waals surface area contributed by atoms with Crippen LogP contribution in [-0.4, -0.2) is 27.7 Å². The lowest BCUT2D eigenvalue weighted by Crippen LogP contribution is -2.20. The molecule has 1 aliphatic heterocycles. The third-order valence-electron chi connectivity index (χ3n) is 2.00. The van der Waals surface area contributed by atoms with E-state index in [-0.39, 0.29) is 16.4 Å². The van der Waals surface area contributed by atoms with Crippen molar-refractivity contribution in [2.75, 3.05) is 7.05 Å². The van der Waals surface area contributed by atoms with Crippen LogP contribution >= 0.6 is 11.8 Å². The number of carbonyl (C=O) groups excluding carboxylic acids is 1. The number of rotatable bonds is 1. The molecule has 0 atom stereocenters. The van der Waals surface area contributed by atoms with Crippen molar-refractivity contribution in [2.24, 2.45) is 0 Å². The van der Waals surface area contributed by atoms with Crippen LogP contribution in [0.5, 0.6) is 0 Å². The summed E-state index contributed by atoms with van der Waals surface area (Å²) in [5.74, 6) is -0.458. The molecule has 0 saturated heterocycles. The number of amides is 1. The number of hydrogen-bond acceptors (Lipinski definition) is 3. The number of likely N-dealkylation sites (N-methyl/N-ethyl adjacent to an activating group) is 1. The van der Waals surface area contributed by atoms with Crippen LogP contribution in [0.3, 0.4) is 0 Å². The van der Waals surface area contributed by atoms with E-state index >= 15 is 0 Å². The number of nitrogens with zero attached hydrogens (tertiary/aromatic N) is 1. The highest BCUT2D eigenvalue weighted by molar-refractivity contribution is 8.04. The van der Waals surface area contributed by atoms with Crippen molar-refractivity contribution in [1.29, 1.82) is 0 Å². The second kappa shape index (κ2) is 3.93. The Morgan fingerprint density at radius 1 is 1.40 bits per heavy atom. The molecule has 0 bridgehead atoms. The molecule has 84 valence electrons. The second-order valence-corrected chi connectivity index (χ2v) is 6.27. The Balaban J connectivity index is 3.09. The fraction of sp³-hybridized carbons (Fsp3) is 0.545. The third kappa shape index (κ3) is 2.37. The van der Waals surface area contributed by atoms with Crippen LogP contribution in [0.4, 0.5) is 0 Å². The predicted molar refractivity (Wildman–Crippen MR) is 63.5 cm³/mol. The van der Waals surface area contributed by atoms with Gasteiger partial charge in [-0.3, -0.25) is 4.79 Å². The van der Waals surface area contributed by atoms with Crippen molar-refractivity contribution >= 4 is 17.7 Å². The Morgan fingerprint density at radius 2 is 1.93 bits per heavy atom. The number of thioether (sulfide) groups is 1. The summed E-state index contributed by atoms with van der Waals surface area (Å²) in [5, 5.41) is 9.72. The van der Waals surface area contributed by atoms with Crippen LogP contribution in [0, 0.1) is 0 Å². The molecule has 1 amide bonds. The molecule has 0 aromatic rings. The van der Waals surface area contributed by atoms with E-state index in [0.717, 1.165) is 5.70 Å². The van der Waals surface area contributed by atoms with Gasteiger partial charge in [-0.2, -0.15) is 0 Å². The maximum Gasteiger partial charge on any atom is 0.294 e. The topological polar surface area (TPSA) is 40.5 Å². The molecular formula is C11H17NO2S. The Morgan fingerprint density at radius 3 is 2.33 bits per heavy atom. The van der Waals surface area contributed by atoms with Gasteiger partial charge in [0.05, 0.1) is 10.6 Å². The van der Waals surface area contributed by atoms with Crippen molar-refractivity contribution in [2.45, 2.75) is 32.4 Å². The molecule has 3 nitrogen and oxygen atoms in total. The molecule has 0 radical (unpaired) electrons. The van der Waals surface area contributed by atoms with Crippen LogP contribution in [0.15, 0.2) is 22.4 Å². The molecule has 0 fully saturated rings. The minimum Gasteiger partial charge on any atom is -0.502 e. The van der Waals surface area contributed by atoms with Crippen LogP contribution < -0.4 is 0 Å². The standard InChI is InChI=1S/C11H17NO2S/c1-6-7-9(15-11(2,3)4)8(13)10(14)12(7)5/h6,13H,1-5H3/b7-6-. The highest BCUT2D eigenvalue weighted by Crippen LogP contribution is 2.41. The molecule has 0 unspecified atom stereocenters. The number of allylic oxidation sites excluding steroid dienone is 1. The zero-order valence-electron chi connectivity index (χ0n) is 9.79. The first-order valence-electron chi connectivity index (χ1n) is 4.85. The number of aliphatic hydroxyl groups is 1.